The zero-order valence-corrected chi connectivity index (χ0v) is 10.3. The molecule has 0 bridgehead atoms. The SMILES string of the molecule is CC(c1ccc(O)c(CN)c1)N1CCNCC1. The summed E-state index contributed by atoms with van der Waals surface area (Å²) in [6.45, 7) is 6.82. The average Bonchev–Trinajstić information content (AvgIpc) is 2.39. The van der Waals surface area contributed by atoms with E-state index in [9.17, 15) is 5.11 Å². The smallest absolute Gasteiger partial charge is 0.120 e. The topological polar surface area (TPSA) is 61.5 Å². The summed E-state index contributed by atoms with van der Waals surface area (Å²) in [6, 6.07) is 6.13. The Labute approximate surface area is 102 Å². The van der Waals surface area contributed by atoms with E-state index < -0.39 is 0 Å². The van der Waals surface area contributed by atoms with Crippen molar-refractivity contribution in [3.05, 3.63) is 29.3 Å². The van der Waals surface area contributed by atoms with Crippen LogP contribution in [0.2, 0.25) is 0 Å². The molecule has 1 aromatic rings. The second-order valence-corrected chi connectivity index (χ2v) is 4.55. The minimum absolute atomic E-state index is 0.295. The standard InChI is InChI=1S/C13H21N3O/c1-10(16-6-4-15-5-7-16)11-2-3-13(17)12(8-11)9-14/h2-3,8,10,15,17H,4-7,9,14H2,1H3. The fraction of sp³-hybridized carbons (Fsp3) is 0.538. The van der Waals surface area contributed by atoms with Gasteiger partial charge in [-0.15, -0.1) is 0 Å². The van der Waals surface area contributed by atoms with Gasteiger partial charge in [0.05, 0.1) is 0 Å². The first-order valence-electron chi connectivity index (χ1n) is 6.19. The van der Waals surface area contributed by atoms with Crippen molar-refractivity contribution in [2.24, 2.45) is 5.73 Å². The second-order valence-electron chi connectivity index (χ2n) is 4.55. The molecule has 4 nitrogen and oxygen atoms in total. The Morgan fingerprint density at radius 1 is 1.41 bits per heavy atom. The Morgan fingerprint density at radius 3 is 2.76 bits per heavy atom. The lowest BCUT2D eigenvalue weighted by molar-refractivity contribution is 0.185. The van der Waals surface area contributed by atoms with Crippen LogP contribution in [-0.2, 0) is 6.54 Å². The number of benzene rings is 1. The van der Waals surface area contributed by atoms with E-state index in [2.05, 4.69) is 17.1 Å². The zero-order valence-electron chi connectivity index (χ0n) is 10.3. The largest absolute Gasteiger partial charge is 0.508 e. The molecule has 4 heteroatoms. The van der Waals surface area contributed by atoms with Crippen LogP contribution >= 0.6 is 0 Å². The van der Waals surface area contributed by atoms with Crippen molar-refractivity contribution < 1.29 is 5.11 Å². The summed E-state index contributed by atoms with van der Waals surface area (Å²) in [5.74, 6) is 0.295. The van der Waals surface area contributed by atoms with E-state index in [-0.39, 0.29) is 0 Å². The van der Waals surface area contributed by atoms with Crippen LogP contribution < -0.4 is 11.1 Å². The van der Waals surface area contributed by atoms with Crippen molar-refractivity contribution >= 4 is 0 Å². The molecule has 1 saturated heterocycles. The van der Waals surface area contributed by atoms with Crippen LogP contribution in [-0.4, -0.2) is 36.2 Å². The van der Waals surface area contributed by atoms with E-state index in [1.165, 1.54) is 5.56 Å². The molecular weight excluding hydrogens is 214 g/mol. The highest BCUT2D eigenvalue weighted by Gasteiger charge is 2.18. The highest BCUT2D eigenvalue weighted by atomic mass is 16.3. The van der Waals surface area contributed by atoms with E-state index in [4.69, 9.17) is 5.73 Å². The number of nitrogens with zero attached hydrogens (tertiary/aromatic N) is 1. The van der Waals surface area contributed by atoms with Gasteiger partial charge in [0.25, 0.3) is 0 Å². The maximum atomic E-state index is 9.62. The summed E-state index contributed by atoms with van der Waals surface area (Å²) < 4.78 is 0. The lowest BCUT2D eigenvalue weighted by atomic mass is 10.0. The van der Waals surface area contributed by atoms with Gasteiger partial charge in [-0.25, -0.2) is 0 Å². The molecule has 0 aromatic heterocycles. The number of nitrogens with two attached hydrogens (primary N) is 1. The van der Waals surface area contributed by atoms with Crippen LogP contribution in [0.1, 0.15) is 24.1 Å². The highest BCUT2D eigenvalue weighted by molar-refractivity contribution is 5.37. The molecule has 1 aromatic carbocycles. The molecule has 2 rings (SSSR count). The minimum atomic E-state index is 0.295. The van der Waals surface area contributed by atoms with Gasteiger partial charge in [0.1, 0.15) is 5.75 Å². The zero-order chi connectivity index (χ0) is 12.3. The van der Waals surface area contributed by atoms with Crippen LogP contribution in [0.4, 0.5) is 0 Å². The van der Waals surface area contributed by atoms with Gasteiger partial charge in [0.2, 0.25) is 0 Å². The molecular formula is C13H21N3O. The Balaban J connectivity index is 2.15. The number of hydrogen-bond acceptors (Lipinski definition) is 4. The van der Waals surface area contributed by atoms with Crippen molar-refractivity contribution in [1.82, 2.24) is 10.2 Å². The molecule has 1 aliphatic heterocycles. The second kappa shape index (κ2) is 5.49. The van der Waals surface area contributed by atoms with Crippen LogP contribution in [0, 0.1) is 0 Å². The van der Waals surface area contributed by atoms with Gasteiger partial charge in [0.15, 0.2) is 0 Å². The summed E-state index contributed by atoms with van der Waals surface area (Å²) >= 11 is 0. The Kier molecular flexibility index (Phi) is 3.99. The molecule has 1 unspecified atom stereocenters. The lowest BCUT2D eigenvalue weighted by Crippen LogP contribution is -2.44. The third-order valence-corrected chi connectivity index (χ3v) is 3.51. The molecule has 0 amide bonds. The number of phenols is 1. The molecule has 17 heavy (non-hydrogen) atoms. The average molecular weight is 235 g/mol. The molecule has 1 atom stereocenters. The van der Waals surface area contributed by atoms with E-state index in [1.807, 2.05) is 12.1 Å². The molecule has 0 aliphatic carbocycles. The van der Waals surface area contributed by atoms with Gasteiger partial charge in [-0.05, 0) is 24.6 Å². The monoisotopic (exact) mass is 235 g/mol. The number of piperazine rings is 1. The molecule has 4 N–H and O–H groups in total. The van der Waals surface area contributed by atoms with Crippen LogP contribution in [0.15, 0.2) is 18.2 Å². The first-order chi connectivity index (χ1) is 8.22. The van der Waals surface area contributed by atoms with E-state index in [1.54, 1.807) is 6.07 Å². The number of aromatic hydroxyl groups is 1. The Bertz CT molecular complexity index is 375. The predicted molar refractivity (Wildman–Crippen MR) is 68.9 cm³/mol. The third kappa shape index (κ3) is 2.77. The summed E-state index contributed by atoms with van der Waals surface area (Å²) in [5.41, 5.74) is 7.67. The molecule has 1 fully saturated rings. The first-order valence-corrected chi connectivity index (χ1v) is 6.19. The molecule has 0 spiro atoms. The van der Waals surface area contributed by atoms with E-state index in [0.29, 0.717) is 18.3 Å². The van der Waals surface area contributed by atoms with Gasteiger partial charge in [0, 0.05) is 44.3 Å². The summed E-state index contributed by atoms with van der Waals surface area (Å²) in [6.07, 6.45) is 0. The third-order valence-electron chi connectivity index (χ3n) is 3.51. The number of hydrogen-bond donors (Lipinski definition) is 3. The first kappa shape index (κ1) is 12.4. The van der Waals surface area contributed by atoms with Crippen LogP contribution in [0.3, 0.4) is 0 Å². The van der Waals surface area contributed by atoms with Crippen molar-refractivity contribution in [1.29, 1.82) is 0 Å². The molecule has 94 valence electrons. The van der Waals surface area contributed by atoms with Crippen molar-refractivity contribution in [3.8, 4) is 5.75 Å². The van der Waals surface area contributed by atoms with Gasteiger partial charge < -0.3 is 16.2 Å². The van der Waals surface area contributed by atoms with Crippen molar-refractivity contribution in [2.45, 2.75) is 19.5 Å². The Morgan fingerprint density at radius 2 is 2.12 bits per heavy atom. The molecule has 0 saturated carbocycles. The molecule has 0 radical (unpaired) electrons. The number of rotatable bonds is 3. The normalized spacial score (nSPS) is 19.2. The van der Waals surface area contributed by atoms with Gasteiger partial charge in [-0.3, -0.25) is 4.90 Å². The van der Waals surface area contributed by atoms with Gasteiger partial charge in [-0.1, -0.05) is 6.07 Å². The lowest BCUT2D eigenvalue weighted by Gasteiger charge is -2.33. The fourth-order valence-corrected chi connectivity index (χ4v) is 2.31. The van der Waals surface area contributed by atoms with Gasteiger partial charge in [-0.2, -0.15) is 0 Å². The molecule has 1 aliphatic rings. The quantitative estimate of drug-likeness (QED) is 0.726. The maximum absolute atomic E-state index is 9.62. The van der Waals surface area contributed by atoms with Crippen LogP contribution in [0.25, 0.3) is 0 Å². The van der Waals surface area contributed by atoms with Gasteiger partial charge >= 0.3 is 0 Å². The minimum Gasteiger partial charge on any atom is -0.508 e. The number of phenolic OH excluding ortho intramolecular Hbond substituents is 1. The van der Waals surface area contributed by atoms with Crippen molar-refractivity contribution in [2.75, 3.05) is 26.2 Å². The predicted octanol–water partition coefficient (Wildman–Crippen LogP) is 0.817. The maximum Gasteiger partial charge on any atom is 0.120 e. The summed E-state index contributed by atoms with van der Waals surface area (Å²) in [7, 11) is 0. The fourth-order valence-electron chi connectivity index (χ4n) is 2.31. The Hall–Kier alpha value is -1.10. The van der Waals surface area contributed by atoms with Crippen molar-refractivity contribution in [3.63, 3.8) is 0 Å². The summed E-state index contributed by atoms with van der Waals surface area (Å²) in [5, 5.41) is 13.0. The summed E-state index contributed by atoms with van der Waals surface area (Å²) in [4.78, 5) is 2.45. The highest BCUT2D eigenvalue weighted by Crippen LogP contribution is 2.25. The van der Waals surface area contributed by atoms with Crippen LogP contribution in [0.5, 0.6) is 5.75 Å². The number of nitrogens with one attached hydrogen (secondary N) is 1. The van der Waals surface area contributed by atoms with E-state index >= 15 is 0 Å². The molecule has 1 heterocycles. The van der Waals surface area contributed by atoms with E-state index in [0.717, 1.165) is 31.7 Å².